The number of nitrogens with one attached hydrogen (secondary N) is 1. The standard InChI is InChI=1S/C28H44F3NO2/c1-26-14-13-23-21(22(26)10-11-24(26)25(33)32-20-6-4-3-5-7-20)9-8-18-16-19(28(29,30)31)12-15-27(18,23)17-34-2/h18-24H,3-17H2,1-2H3,(H,32,33). The molecule has 0 bridgehead atoms. The first-order valence-electron chi connectivity index (χ1n) is 14.0. The Hall–Kier alpha value is -0.780. The van der Waals surface area contributed by atoms with E-state index in [0.29, 0.717) is 36.8 Å². The topological polar surface area (TPSA) is 38.3 Å². The minimum Gasteiger partial charge on any atom is -0.384 e. The molecule has 0 radical (unpaired) electrons. The van der Waals surface area contributed by atoms with E-state index in [1.807, 2.05) is 0 Å². The molecule has 0 aromatic carbocycles. The third-order valence-corrected chi connectivity index (χ3v) is 11.5. The molecule has 5 fully saturated rings. The van der Waals surface area contributed by atoms with Crippen molar-refractivity contribution in [2.75, 3.05) is 13.7 Å². The summed E-state index contributed by atoms with van der Waals surface area (Å²) in [5.74, 6) is 0.832. The van der Waals surface area contributed by atoms with Gasteiger partial charge < -0.3 is 10.1 Å². The number of ether oxygens (including phenoxy) is 1. The molecule has 8 unspecified atom stereocenters. The van der Waals surface area contributed by atoms with Crippen molar-refractivity contribution in [3.63, 3.8) is 0 Å². The lowest BCUT2D eigenvalue weighted by molar-refractivity contribution is -0.217. The zero-order valence-corrected chi connectivity index (χ0v) is 21.1. The van der Waals surface area contributed by atoms with Crippen molar-refractivity contribution in [1.82, 2.24) is 5.32 Å². The maximum Gasteiger partial charge on any atom is 0.391 e. The molecule has 5 saturated carbocycles. The predicted octanol–water partition coefficient (Wildman–Crippen LogP) is 6.90. The van der Waals surface area contributed by atoms with Crippen LogP contribution in [0.4, 0.5) is 13.2 Å². The fourth-order valence-electron chi connectivity index (χ4n) is 9.88. The van der Waals surface area contributed by atoms with E-state index in [1.165, 1.54) is 19.3 Å². The van der Waals surface area contributed by atoms with E-state index in [4.69, 9.17) is 4.74 Å². The third kappa shape index (κ3) is 4.12. The van der Waals surface area contributed by atoms with E-state index in [1.54, 1.807) is 7.11 Å². The number of carbonyl (C=O) groups is 1. The molecule has 5 aliphatic rings. The molecule has 0 heterocycles. The lowest BCUT2D eigenvalue weighted by Crippen LogP contribution is -2.57. The molecule has 194 valence electrons. The highest BCUT2D eigenvalue weighted by Crippen LogP contribution is 2.68. The molecule has 1 amide bonds. The number of carbonyl (C=O) groups excluding carboxylic acids is 1. The van der Waals surface area contributed by atoms with Crippen molar-refractivity contribution in [3.8, 4) is 0 Å². The summed E-state index contributed by atoms with van der Waals surface area (Å²) >= 11 is 0. The van der Waals surface area contributed by atoms with Crippen LogP contribution in [0.2, 0.25) is 0 Å². The Morgan fingerprint density at radius 2 is 1.71 bits per heavy atom. The number of methoxy groups -OCH3 is 1. The summed E-state index contributed by atoms with van der Waals surface area (Å²) in [5.41, 5.74) is -0.0760. The van der Waals surface area contributed by atoms with Gasteiger partial charge in [0.1, 0.15) is 0 Å². The fraction of sp³-hybridized carbons (Fsp3) is 0.964. The minimum absolute atomic E-state index is 0.0319. The molecule has 0 spiro atoms. The van der Waals surface area contributed by atoms with E-state index < -0.39 is 12.1 Å². The van der Waals surface area contributed by atoms with E-state index >= 15 is 0 Å². The second-order valence-electron chi connectivity index (χ2n) is 12.8. The number of hydrogen-bond donors (Lipinski definition) is 1. The molecule has 1 N–H and O–H groups in total. The quantitative estimate of drug-likeness (QED) is 0.472. The zero-order valence-electron chi connectivity index (χ0n) is 21.1. The van der Waals surface area contributed by atoms with Gasteiger partial charge in [-0.05, 0) is 105 Å². The van der Waals surface area contributed by atoms with Crippen LogP contribution in [0, 0.1) is 46.3 Å². The van der Waals surface area contributed by atoms with E-state index in [0.717, 1.165) is 51.4 Å². The maximum absolute atomic E-state index is 13.6. The van der Waals surface area contributed by atoms with Gasteiger partial charge in [0, 0.05) is 19.1 Å². The van der Waals surface area contributed by atoms with Crippen molar-refractivity contribution in [1.29, 1.82) is 0 Å². The number of alkyl halides is 3. The Labute approximate surface area is 203 Å². The lowest BCUT2D eigenvalue weighted by atomic mass is 9.43. The van der Waals surface area contributed by atoms with Crippen LogP contribution in [0.3, 0.4) is 0 Å². The number of fused-ring (bicyclic) bond motifs is 5. The first-order valence-corrected chi connectivity index (χ1v) is 14.0. The molecule has 8 atom stereocenters. The minimum atomic E-state index is -4.08. The van der Waals surface area contributed by atoms with Crippen LogP contribution >= 0.6 is 0 Å². The second kappa shape index (κ2) is 9.27. The molecule has 5 rings (SSSR count). The van der Waals surface area contributed by atoms with Crippen molar-refractivity contribution >= 4 is 5.91 Å². The van der Waals surface area contributed by atoms with Gasteiger partial charge in [0.25, 0.3) is 0 Å². The highest BCUT2D eigenvalue weighted by Gasteiger charge is 2.63. The molecule has 3 nitrogen and oxygen atoms in total. The second-order valence-corrected chi connectivity index (χ2v) is 12.8. The monoisotopic (exact) mass is 483 g/mol. The van der Waals surface area contributed by atoms with Gasteiger partial charge in [-0.15, -0.1) is 0 Å². The Bertz CT molecular complexity index is 750. The Balaban J connectivity index is 1.33. The number of amides is 1. The largest absolute Gasteiger partial charge is 0.391 e. The van der Waals surface area contributed by atoms with Gasteiger partial charge in [-0.3, -0.25) is 4.79 Å². The highest BCUT2D eigenvalue weighted by atomic mass is 19.4. The first kappa shape index (κ1) is 24.9. The van der Waals surface area contributed by atoms with E-state index in [9.17, 15) is 18.0 Å². The SMILES string of the molecule is COCC12CCC(C(F)(F)F)CC1CCC1C3CCC(C(=O)NC4CCCCC4)C3(C)CCC12. The fourth-order valence-corrected chi connectivity index (χ4v) is 9.88. The maximum atomic E-state index is 13.6. The summed E-state index contributed by atoms with van der Waals surface area (Å²) < 4.78 is 46.5. The summed E-state index contributed by atoms with van der Waals surface area (Å²) in [5, 5.41) is 3.42. The van der Waals surface area contributed by atoms with Crippen LogP contribution in [0.1, 0.15) is 96.8 Å². The number of hydrogen-bond acceptors (Lipinski definition) is 2. The van der Waals surface area contributed by atoms with Crippen LogP contribution in [-0.2, 0) is 9.53 Å². The molecule has 34 heavy (non-hydrogen) atoms. The van der Waals surface area contributed by atoms with Crippen molar-refractivity contribution in [2.24, 2.45) is 46.3 Å². The molecular formula is C28H44F3NO2. The van der Waals surface area contributed by atoms with E-state index in [-0.39, 0.29) is 41.4 Å². The van der Waals surface area contributed by atoms with Gasteiger partial charge in [-0.2, -0.15) is 13.2 Å². The van der Waals surface area contributed by atoms with Crippen molar-refractivity contribution < 1.29 is 22.7 Å². The summed E-state index contributed by atoms with van der Waals surface area (Å²) in [6.45, 7) is 2.96. The Kier molecular flexibility index (Phi) is 6.78. The molecule has 0 aliphatic heterocycles. The summed E-state index contributed by atoms with van der Waals surface area (Å²) in [6.07, 6.45) is 9.12. The molecular weight excluding hydrogens is 439 g/mol. The van der Waals surface area contributed by atoms with Crippen LogP contribution in [-0.4, -0.2) is 31.8 Å². The summed E-state index contributed by atoms with van der Waals surface area (Å²) in [7, 11) is 1.72. The van der Waals surface area contributed by atoms with Gasteiger partial charge in [0.2, 0.25) is 5.91 Å². The first-order chi connectivity index (χ1) is 16.2. The van der Waals surface area contributed by atoms with Gasteiger partial charge in [0.05, 0.1) is 12.5 Å². The Morgan fingerprint density at radius 3 is 2.41 bits per heavy atom. The molecule has 0 aromatic rings. The molecule has 0 aromatic heterocycles. The Morgan fingerprint density at radius 1 is 0.941 bits per heavy atom. The predicted molar refractivity (Wildman–Crippen MR) is 126 cm³/mol. The highest BCUT2D eigenvalue weighted by molar-refractivity contribution is 5.80. The average Bonchev–Trinajstić information content (AvgIpc) is 3.16. The van der Waals surface area contributed by atoms with Gasteiger partial charge in [-0.25, -0.2) is 0 Å². The summed E-state index contributed by atoms with van der Waals surface area (Å²) in [6, 6.07) is 0.351. The van der Waals surface area contributed by atoms with E-state index in [2.05, 4.69) is 12.2 Å². The van der Waals surface area contributed by atoms with Crippen LogP contribution in [0.5, 0.6) is 0 Å². The summed E-state index contributed by atoms with van der Waals surface area (Å²) in [4.78, 5) is 13.4. The smallest absolute Gasteiger partial charge is 0.384 e. The zero-order chi connectivity index (χ0) is 24.1. The van der Waals surface area contributed by atoms with Crippen molar-refractivity contribution in [2.45, 2.75) is 109 Å². The van der Waals surface area contributed by atoms with Gasteiger partial charge >= 0.3 is 6.18 Å². The van der Waals surface area contributed by atoms with Crippen molar-refractivity contribution in [3.05, 3.63) is 0 Å². The normalized spacial score (nSPS) is 45.2. The van der Waals surface area contributed by atoms with Gasteiger partial charge in [-0.1, -0.05) is 26.2 Å². The third-order valence-electron chi connectivity index (χ3n) is 11.5. The molecule has 5 aliphatic carbocycles. The van der Waals surface area contributed by atoms with Crippen LogP contribution in [0.15, 0.2) is 0 Å². The van der Waals surface area contributed by atoms with Gasteiger partial charge in [0.15, 0.2) is 0 Å². The lowest BCUT2D eigenvalue weighted by Gasteiger charge is -2.62. The number of halogens is 3. The average molecular weight is 484 g/mol. The van der Waals surface area contributed by atoms with Crippen LogP contribution < -0.4 is 5.32 Å². The molecule has 6 heteroatoms. The molecule has 0 saturated heterocycles. The van der Waals surface area contributed by atoms with Crippen LogP contribution in [0.25, 0.3) is 0 Å². The number of rotatable bonds is 4.